The van der Waals surface area contributed by atoms with Gasteiger partial charge in [0, 0.05) is 4.90 Å². The summed E-state index contributed by atoms with van der Waals surface area (Å²) in [5.74, 6) is 1.58. The number of hydrogen-bond acceptors (Lipinski definition) is 4. The van der Waals surface area contributed by atoms with Gasteiger partial charge in [0.15, 0.2) is 12.4 Å². The van der Waals surface area contributed by atoms with E-state index in [-0.39, 0.29) is 0 Å². The Kier molecular flexibility index (Phi) is 8.56. The van der Waals surface area contributed by atoms with E-state index >= 15 is 0 Å². The molecule has 0 heterocycles. The van der Waals surface area contributed by atoms with Gasteiger partial charge in [-0.3, -0.25) is 4.79 Å². The molecule has 0 aliphatic heterocycles. The van der Waals surface area contributed by atoms with Crippen LogP contribution in [0, 0.1) is 11.3 Å². The summed E-state index contributed by atoms with van der Waals surface area (Å²) in [4.78, 5) is 12.4. The molecular formula is C19H21NO2S. The molecule has 0 aromatic heterocycles. The Morgan fingerprint density at radius 3 is 2.22 bits per heavy atom. The molecule has 1 unspecified atom stereocenters. The van der Waals surface area contributed by atoms with Crippen LogP contribution in [-0.4, -0.2) is 12.0 Å². The van der Waals surface area contributed by atoms with Crippen LogP contribution in [0.3, 0.4) is 0 Å². The van der Waals surface area contributed by atoms with E-state index < -0.39 is 6.10 Å². The average Bonchev–Trinajstić information content (AvgIpc) is 2.63. The monoisotopic (exact) mass is 327 g/mol. The molecule has 0 bridgehead atoms. The van der Waals surface area contributed by atoms with Gasteiger partial charge >= 0.3 is 0 Å². The maximum absolute atomic E-state index is 11.3. The van der Waals surface area contributed by atoms with Crippen molar-refractivity contribution in [3.05, 3.63) is 59.7 Å². The first-order valence-corrected chi connectivity index (χ1v) is 8.60. The van der Waals surface area contributed by atoms with Crippen molar-refractivity contribution in [1.29, 1.82) is 5.26 Å². The summed E-state index contributed by atoms with van der Waals surface area (Å²) in [5.41, 5.74) is 1.38. The zero-order valence-corrected chi connectivity index (χ0v) is 14.5. The second kappa shape index (κ2) is 10.5. The Labute approximate surface area is 142 Å². The summed E-state index contributed by atoms with van der Waals surface area (Å²) >= 11 is 1.75. The topological polar surface area (TPSA) is 50.1 Å². The summed E-state index contributed by atoms with van der Waals surface area (Å²) in [7, 11) is 0. The minimum Gasteiger partial charge on any atom is -0.478 e. The number of benzene rings is 2. The standard InChI is InChI=1S/C17H15NO2S.C2H6/c1-2-21-16-9-5-14(6-10-16)17(12-19)20-15-7-3-13(11-18)4-8-15;1-2/h3-10,12,17H,2H2,1H3;1-2H3. The number of nitrogens with zero attached hydrogens (tertiary/aromatic N) is 1. The van der Waals surface area contributed by atoms with Crippen LogP contribution < -0.4 is 4.74 Å². The summed E-state index contributed by atoms with van der Waals surface area (Å²) in [6, 6.07) is 16.5. The number of rotatable bonds is 6. The highest BCUT2D eigenvalue weighted by Gasteiger charge is 2.12. The number of carbonyl (C=O) groups is 1. The first-order chi connectivity index (χ1) is 11.3. The molecule has 4 heteroatoms. The quantitative estimate of drug-likeness (QED) is 0.552. The zero-order valence-electron chi connectivity index (χ0n) is 13.7. The molecule has 0 spiro atoms. The second-order valence-electron chi connectivity index (χ2n) is 4.31. The largest absolute Gasteiger partial charge is 0.478 e. The van der Waals surface area contributed by atoms with E-state index in [0.29, 0.717) is 11.3 Å². The third-order valence-electron chi connectivity index (χ3n) is 2.89. The van der Waals surface area contributed by atoms with Gasteiger partial charge in [-0.1, -0.05) is 32.9 Å². The van der Waals surface area contributed by atoms with E-state index in [9.17, 15) is 4.79 Å². The molecule has 0 N–H and O–H groups in total. The smallest absolute Gasteiger partial charge is 0.179 e. The third-order valence-corrected chi connectivity index (χ3v) is 3.78. The van der Waals surface area contributed by atoms with Gasteiger partial charge in [-0.15, -0.1) is 11.8 Å². The van der Waals surface area contributed by atoms with Gasteiger partial charge in [-0.25, -0.2) is 0 Å². The fourth-order valence-electron chi connectivity index (χ4n) is 1.85. The maximum atomic E-state index is 11.3. The summed E-state index contributed by atoms with van der Waals surface area (Å²) in [6.07, 6.45) is 0.138. The fraction of sp³-hybridized carbons (Fsp3) is 0.263. The summed E-state index contributed by atoms with van der Waals surface area (Å²) in [6.45, 7) is 6.10. The van der Waals surface area contributed by atoms with Crippen molar-refractivity contribution in [2.75, 3.05) is 5.75 Å². The van der Waals surface area contributed by atoms with E-state index in [4.69, 9.17) is 10.00 Å². The fourth-order valence-corrected chi connectivity index (χ4v) is 2.51. The van der Waals surface area contributed by atoms with Crippen molar-refractivity contribution in [3.63, 3.8) is 0 Å². The molecule has 0 saturated carbocycles. The predicted octanol–water partition coefficient (Wildman–Crippen LogP) is 5.02. The van der Waals surface area contributed by atoms with Crippen molar-refractivity contribution in [3.8, 4) is 11.8 Å². The highest BCUT2D eigenvalue weighted by Crippen LogP contribution is 2.24. The number of nitriles is 1. The van der Waals surface area contributed by atoms with E-state index in [1.165, 1.54) is 4.90 Å². The molecule has 1 atom stereocenters. The molecule has 0 aliphatic rings. The van der Waals surface area contributed by atoms with E-state index in [0.717, 1.165) is 17.6 Å². The van der Waals surface area contributed by atoms with Crippen LogP contribution in [0.2, 0.25) is 0 Å². The lowest BCUT2D eigenvalue weighted by Gasteiger charge is -2.14. The number of thioether (sulfide) groups is 1. The minimum atomic E-state index is -0.640. The Balaban J connectivity index is 0.00000127. The van der Waals surface area contributed by atoms with Crippen LogP contribution in [0.25, 0.3) is 0 Å². The SMILES string of the molecule is CC.CCSc1ccc(C(C=O)Oc2ccc(C#N)cc2)cc1. The second-order valence-corrected chi connectivity index (χ2v) is 5.65. The molecule has 0 saturated heterocycles. The Morgan fingerprint density at radius 1 is 1.13 bits per heavy atom. The number of hydrogen-bond donors (Lipinski definition) is 0. The maximum Gasteiger partial charge on any atom is 0.179 e. The van der Waals surface area contributed by atoms with E-state index in [1.54, 1.807) is 36.0 Å². The van der Waals surface area contributed by atoms with Gasteiger partial charge in [-0.05, 0) is 47.7 Å². The molecule has 0 radical (unpaired) electrons. The molecule has 2 rings (SSSR count). The Hall–Kier alpha value is -2.25. The molecule has 3 nitrogen and oxygen atoms in total. The van der Waals surface area contributed by atoms with E-state index in [1.807, 2.05) is 44.2 Å². The zero-order chi connectivity index (χ0) is 17.1. The lowest BCUT2D eigenvalue weighted by atomic mass is 10.1. The Bertz CT molecular complexity index is 630. The third kappa shape index (κ3) is 5.80. The summed E-state index contributed by atoms with van der Waals surface area (Å²) in [5, 5.41) is 8.76. The van der Waals surface area contributed by atoms with Gasteiger partial charge in [0.25, 0.3) is 0 Å². The summed E-state index contributed by atoms with van der Waals surface area (Å²) < 4.78 is 5.66. The van der Waals surface area contributed by atoms with Gasteiger partial charge in [0.05, 0.1) is 11.6 Å². The van der Waals surface area contributed by atoms with Crippen LogP contribution >= 0.6 is 11.8 Å². The number of carbonyl (C=O) groups excluding carboxylic acids is 1. The van der Waals surface area contributed by atoms with Gasteiger partial charge in [0.1, 0.15) is 5.75 Å². The normalized spacial score (nSPS) is 10.7. The average molecular weight is 327 g/mol. The Morgan fingerprint density at radius 2 is 1.74 bits per heavy atom. The van der Waals surface area contributed by atoms with Gasteiger partial charge < -0.3 is 4.74 Å². The molecule has 120 valence electrons. The van der Waals surface area contributed by atoms with E-state index in [2.05, 4.69) is 6.92 Å². The molecule has 2 aromatic carbocycles. The van der Waals surface area contributed by atoms with Crippen molar-refractivity contribution >= 4 is 18.0 Å². The van der Waals surface area contributed by atoms with Gasteiger partial charge in [0.2, 0.25) is 0 Å². The van der Waals surface area contributed by atoms with Crippen LogP contribution in [0.1, 0.15) is 38.0 Å². The molecule has 0 fully saturated rings. The molecular weight excluding hydrogens is 306 g/mol. The predicted molar refractivity (Wildman–Crippen MR) is 94.8 cm³/mol. The molecule has 0 aliphatic carbocycles. The first kappa shape index (κ1) is 18.8. The minimum absolute atomic E-state index is 0.561. The van der Waals surface area contributed by atoms with Crippen LogP contribution in [0.5, 0.6) is 5.75 Å². The van der Waals surface area contributed by atoms with Crippen molar-refractivity contribution in [2.45, 2.75) is 31.8 Å². The molecule has 2 aromatic rings. The first-order valence-electron chi connectivity index (χ1n) is 7.61. The van der Waals surface area contributed by atoms with Crippen LogP contribution in [-0.2, 0) is 4.79 Å². The lowest BCUT2D eigenvalue weighted by molar-refractivity contribution is -0.113. The van der Waals surface area contributed by atoms with Crippen LogP contribution in [0.15, 0.2) is 53.4 Å². The number of ether oxygens (including phenoxy) is 1. The highest BCUT2D eigenvalue weighted by atomic mass is 32.2. The van der Waals surface area contributed by atoms with Crippen LogP contribution in [0.4, 0.5) is 0 Å². The molecule has 23 heavy (non-hydrogen) atoms. The van der Waals surface area contributed by atoms with Gasteiger partial charge in [-0.2, -0.15) is 5.26 Å². The van der Waals surface area contributed by atoms with Crippen molar-refractivity contribution in [2.24, 2.45) is 0 Å². The van der Waals surface area contributed by atoms with Crippen molar-refractivity contribution in [1.82, 2.24) is 0 Å². The number of aldehydes is 1. The van der Waals surface area contributed by atoms with Crippen molar-refractivity contribution < 1.29 is 9.53 Å². The molecule has 0 amide bonds. The highest BCUT2D eigenvalue weighted by molar-refractivity contribution is 7.99. The lowest BCUT2D eigenvalue weighted by Crippen LogP contribution is -2.08.